The molecule has 0 amide bonds. The summed E-state index contributed by atoms with van der Waals surface area (Å²) in [5.41, 5.74) is 2.93. The van der Waals surface area contributed by atoms with Gasteiger partial charge in [0.25, 0.3) is 0 Å². The molecule has 170 valence electrons. The van der Waals surface area contributed by atoms with Crippen LogP contribution < -0.4 is 5.32 Å². The highest BCUT2D eigenvalue weighted by atomic mass is 35.5. The van der Waals surface area contributed by atoms with Crippen LogP contribution in [0.15, 0.2) is 46.8 Å². The summed E-state index contributed by atoms with van der Waals surface area (Å²) in [6.07, 6.45) is 4.17. The lowest BCUT2D eigenvalue weighted by Gasteiger charge is -2.38. The molecule has 3 atom stereocenters. The van der Waals surface area contributed by atoms with Crippen molar-refractivity contribution in [1.82, 2.24) is 5.32 Å². The van der Waals surface area contributed by atoms with Crippen LogP contribution >= 0.6 is 11.6 Å². The molecule has 32 heavy (non-hydrogen) atoms. The SMILES string of the molecule is COC(=O)[C@@H]1C(=O)C2=C(C[C@H]1C)NC(C)=C(C(=O)OC1CCCC1)[C@H]2c1cccc(Cl)c1. The molecule has 0 radical (unpaired) electrons. The van der Waals surface area contributed by atoms with Gasteiger partial charge in [-0.3, -0.25) is 9.59 Å². The van der Waals surface area contributed by atoms with Gasteiger partial charge in [0.15, 0.2) is 5.78 Å². The number of rotatable bonds is 4. The topological polar surface area (TPSA) is 81.7 Å². The van der Waals surface area contributed by atoms with Gasteiger partial charge >= 0.3 is 11.9 Å². The smallest absolute Gasteiger partial charge is 0.337 e. The van der Waals surface area contributed by atoms with Crippen LogP contribution in [0.2, 0.25) is 5.02 Å². The number of dihydropyridines is 1. The molecular formula is C25H28ClNO5. The second-order valence-corrected chi connectivity index (χ2v) is 9.34. The number of methoxy groups -OCH3 is 1. The molecular weight excluding hydrogens is 430 g/mol. The fourth-order valence-electron chi connectivity index (χ4n) is 5.19. The predicted octanol–water partition coefficient (Wildman–Crippen LogP) is 4.44. The van der Waals surface area contributed by atoms with E-state index < -0.39 is 23.8 Å². The molecule has 0 bridgehead atoms. The van der Waals surface area contributed by atoms with Crippen LogP contribution in [0.1, 0.15) is 57.4 Å². The summed E-state index contributed by atoms with van der Waals surface area (Å²) in [5.74, 6) is -3.10. The van der Waals surface area contributed by atoms with Crippen molar-refractivity contribution in [3.63, 3.8) is 0 Å². The molecule has 0 spiro atoms. The van der Waals surface area contributed by atoms with Crippen molar-refractivity contribution in [2.75, 3.05) is 7.11 Å². The Labute approximate surface area is 193 Å². The summed E-state index contributed by atoms with van der Waals surface area (Å²) in [5, 5.41) is 3.78. The molecule has 1 aromatic carbocycles. The molecule has 6 nitrogen and oxygen atoms in total. The van der Waals surface area contributed by atoms with Crippen molar-refractivity contribution >= 4 is 29.3 Å². The van der Waals surface area contributed by atoms with Gasteiger partial charge < -0.3 is 14.8 Å². The standard InChI is InChI=1S/C25H28ClNO5/c1-13-11-18-22(23(28)19(13)24(29)31-3)21(15-7-6-8-16(26)12-15)20(14(2)27-18)25(30)32-17-9-4-5-10-17/h6-8,12-13,17,19,21,27H,4-5,9-11H2,1-3H3/t13-,19+,21-/m1/s1. The summed E-state index contributed by atoms with van der Waals surface area (Å²) >= 11 is 6.28. The van der Waals surface area contributed by atoms with Gasteiger partial charge in [-0.25, -0.2) is 4.79 Å². The first-order chi connectivity index (χ1) is 15.3. The number of esters is 2. The summed E-state index contributed by atoms with van der Waals surface area (Å²) < 4.78 is 10.8. The average molecular weight is 458 g/mol. The van der Waals surface area contributed by atoms with Crippen LogP contribution in [0.25, 0.3) is 0 Å². The van der Waals surface area contributed by atoms with Crippen molar-refractivity contribution in [3.8, 4) is 0 Å². The van der Waals surface area contributed by atoms with E-state index in [0.29, 0.717) is 28.3 Å². The molecule has 3 aliphatic rings. The Morgan fingerprint density at radius 1 is 1.19 bits per heavy atom. The number of hydrogen-bond donors (Lipinski definition) is 1. The molecule has 7 heteroatoms. The van der Waals surface area contributed by atoms with E-state index in [-0.39, 0.29) is 17.8 Å². The van der Waals surface area contributed by atoms with Gasteiger partial charge in [-0.1, -0.05) is 30.7 Å². The second kappa shape index (κ2) is 9.10. The molecule has 1 aliphatic heterocycles. The summed E-state index contributed by atoms with van der Waals surface area (Å²) in [6.45, 7) is 3.69. The van der Waals surface area contributed by atoms with Gasteiger partial charge in [-0.15, -0.1) is 0 Å². The van der Waals surface area contributed by atoms with Crippen molar-refractivity contribution < 1.29 is 23.9 Å². The fourth-order valence-corrected chi connectivity index (χ4v) is 5.39. The lowest BCUT2D eigenvalue weighted by molar-refractivity contribution is -0.151. The highest BCUT2D eigenvalue weighted by Crippen LogP contribution is 2.46. The summed E-state index contributed by atoms with van der Waals surface area (Å²) in [4.78, 5) is 39.5. The Morgan fingerprint density at radius 3 is 2.56 bits per heavy atom. The van der Waals surface area contributed by atoms with Gasteiger partial charge in [-0.2, -0.15) is 0 Å². The molecule has 1 aromatic rings. The third-order valence-electron chi connectivity index (χ3n) is 6.72. The highest BCUT2D eigenvalue weighted by Gasteiger charge is 2.47. The van der Waals surface area contributed by atoms with Crippen LogP contribution in [0, 0.1) is 11.8 Å². The first-order valence-corrected chi connectivity index (χ1v) is 11.5. The van der Waals surface area contributed by atoms with Crippen LogP contribution in [0.4, 0.5) is 0 Å². The van der Waals surface area contributed by atoms with Crippen LogP contribution in [0.3, 0.4) is 0 Å². The number of nitrogens with one attached hydrogen (secondary N) is 1. The largest absolute Gasteiger partial charge is 0.468 e. The zero-order chi connectivity index (χ0) is 23.0. The van der Waals surface area contributed by atoms with Gasteiger partial charge in [-0.05, 0) is 62.6 Å². The minimum atomic E-state index is -0.909. The number of benzene rings is 1. The minimum Gasteiger partial charge on any atom is -0.468 e. The van der Waals surface area contributed by atoms with Crippen molar-refractivity contribution in [2.24, 2.45) is 11.8 Å². The third kappa shape index (κ3) is 4.08. The quantitative estimate of drug-likeness (QED) is 0.531. The number of carbonyl (C=O) groups excluding carboxylic acids is 3. The first kappa shape index (κ1) is 22.6. The Hall–Kier alpha value is -2.60. The van der Waals surface area contributed by atoms with Gasteiger partial charge in [0, 0.05) is 27.9 Å². The van der Waals surface area contributed by atoms with E-state index in [1.807, 2.05) is 19.9 Å². The second-order valence-electron chi connectivity index (χ2n) is 8.90. The van der Waals surface area contributed by atoms with E-state index in [9.17, 15) is 14.4 Å². The Bertz CT molecular complexity index is 1020. The zero-order valence-corrected chi connectivity index (χ0v) is 19.3. The Morgan fingerprint density at radius 2 is 1.91 bits per heavy atom. The maximum atomic E-state index is 13.7. The fraction of sp³-hybridized carbons (Fsp3) is 0.480. The first-order valence-electron chi connectivity index (χ1n) is 11.1. The number of halogens is 1. The summed E-state index contributed by atoms with van der Waals surface area (Å²) in [7, 11) is 1.29. The number of Topliss-reactive ketones (excluding diaryl/α,β-unsaturated/α-hetero) is 1. The molecule has 0 saturated heterocycles. The lowest BCUT2D eigenvalue weighted by Crippen LogP contribution is -2.43. The number of carbonyl (C=O) groups is 3. The monoisotopic (exact) mass is 457 g/mol. The molecule has 1 fully saturated rings. The van der Waals surface area contributed by atoms with E-state index >= 15 is 0 Å². The third-order valence-corrected chi connectivity index (χ3v) is 6.96. The maximum Gasteiger partial charge on any atom is 0.337 e. The average Bonchev–Trinajstić information content (AvgIpc) is 3.25. The molecule has 2 aliphatic carbocycles. The van der Waals surface area contributed by atoms with Crippen LogP contribution in [-0.4, -0.2) is 30.9 Å². The normalized spacial score (nSPS) is 26.0. The molecule has 0 unspecified atom stereocenters. The highest BCUT2D eigenvalue weighted by molar-refractivity contribution is 6.30. The Balaban J connectivity index is 1.81. The van der Waals surface area contributed by atoms with Crippen LogP contribution in [0.5, 0.6) is 0 Å². The van der Waals surface area contributed by atoms with E-state index in [0.717, 1.165) is 36.9 Å². The molecule has 0 aromatic heterocycles. The Kier molecular flexibility index (Phi) is 6.42. The number of ether oxygens (including phenoxy) is 2. The van der Waals surface area contributed by atoms with E-state index in [1.165, 1.54) is 7.11 Å². The van der Waals surface area contributed by atoms with E-state index in [2.05, 4.69) is 5.32 Å². The van der Waals surface area contributed by atoms with Gasteiger partial charge in [0.2, 0.25) is 0 Å². The van der Waals surface area contributed by atoms with E-state index in [1.54, 1.807) is 18.2 Å². The van der Waals surface area contributed by atoms with Gasteiger partial charge in [0.05, 0.1) is 12.7 Å². The number of ketones is 1. The van der Waals surface area contributed by atoms with Gasteiger partial charge in [0.1, 0.15) is 12.0 Å². The van der Waals surface area contributed by atoms with Crippen molar-refractivity contribution in [2.45, 2.75) is 58.0 Å². The molecule has 1 heterocycles. The summed E-state index contributed by atoms with van der Waals surface area (Å²) in [6, 6.07) is 7.15. The molecule has 1 saturated carbocycles. The molecule has 1 N–H and O–H groups in total. The van der Waals surface area contributed by atoms with E-state index in [4.69, 9.17) is 21.1 Å². The molecule has 4 rings (SSSR count). The lowest BCUT2D eigenvalue weighted by atomic mass is 9.69. The zero-order valence-electron chi connectivity index (χ0n) is 18.6. The number of hydrogen-bond acceptors (Lipinski definition) is 6. The van der Waals surface area contributed by atoms with Crippen LogP contribution in [-0.2, 0) is 23.9 Å². The number of allylic oxidation sites excluding steroid dienone is 3. The predicted molar refractivity (Wildman–Crippen MR) is 120 cm³/mol. The maximum absolute atomic E-state index is 13.7. The van der Waals surface area contributed by atoms with Crippen molar-refractivity contribution in [3.05, 3.63) is 57.4 Å². The minimum absolute atomic E-state index is 0.108. The van der Waals surface area contributed by atoms with Crippen molar-refractivity contribution in [1.29, 1.82) is 0 Å².